The topological polar surface area (TPSA) is 42.8 Å². The second-order valence-corrected chi connectivity index (χ2v) is 4.55. The van der Waals surface area contributed by atoms with Crippen LogP contribution in [0, 0.1) is 4.77 Å². The smallest absolute Gasteiger partial charge is 0.195 e. The molecular weight excluding hydrogens is 210 g/mol. The van der Waals surface area contributed by atoms with Gasteiger partial charge in [0.15, 0.2) is 4.77 Å². The van der Waals surface area contributed by atoms with Crippen molar-refractivity contribution in [2.24, 2.45) is 0 Å². The van der Waals surface area contributed by atoms with Crippen molar-refractivity contribution in [3.63, 3.8) is 0 Å². The van der Waals surface area contributed by atoms with Crippen LogP contribution < -0.4 is 0 Å². The molecule has 0 aliphatic heterocycles. The molecule has 1 aliphatic rings. The summed E-state index contributed by atoms with van der Waals surface area (Å²) in [5, 5.41) is 7.20. The lowest BCUT2D eigenvalue weighted by Gasteiger charge is -2.14. The number of rotatable bonds is 5. The van der Waals surface area contributed by atoms with Gasteiger partial charge in [-0.25, -0.2) is 0 Å². The molecule has 1 fully saturated rings. The molecule has 0 bridgehead atoms. The quantitative estimate of drug-likeness (QED) is 0.786. The molecule has 1 unspecified atom stereocenters. The predicted molar refractivity (Wildman–Crippen MR) is 60.6 cm³/mol. The fourth-order valence-electron chi connectivity index (χ4n) is 1.79. The first-order chi connectivity index (χ1) is 7.24. The first-order valence-electron chi connectivity index (χ1n) is 5.39. The predicted octanol–water partition coefficient (Wildman–Crippen LogP) is 2.42. The van der Waals surface area contributed by atoms with Gasteiger partial charge in [0, 0.05) is 25.7 Å². The molecular formula is C10H17N3OS. The molecule has 1 aliphatic carbocycles. The molecule has 1 aromatic rings. The van der Waals surface area contributed by atoms with E-state index in [1.807, 2.05) is 0 Å². The Balaban J connectivity index is 2.17. The van der Waals surface area contributed by atoms with E-state index >= 15 is 0 Å². The average molecular weight is 227 g/mol. The highest BCUT2D eigenvalue weighted by Crippen LogP contribution is 2.39. The minimum atomic E-state index is 0.367. The zero-order chi connectivity index (χ0) is 10.8. The zero-order valence-electron chi connectivity index (χ0n) is 9.19. The van der Waals surface area contributed by atoms with Gasteiger partial charge in [0.2, 0.25) is 0 Å². The Bertz CT molecular complexity index is 380. The fraction of sp³-hybridized carbons (Fsp3) is 0.800. The van der Waals surface area contributed by atoms with E-state index in [1.54, 1.807) is 7.11 Å². The average Bonchev–Trinajstić information content (AvgIpc) is 2.99. The molecule has 1 aromatic heterocycles. The third kappa shape index (κ3) is 2.29. The van der Waals surface area contributed by atoms with E-state index in [4.69, 9.17) is 17.0 Å². The van der Waals surface area contributed by atoms with Gasteiger partial charge in [-0.15, -0.1) is 0 Å². The van der Waals surface area contributed by atoms with Crippen LogP contribution in [-0.2, 0) is 4.74 Å². The first-order valence-corrected chi connectivity index (χ1v) is 5.80. The fourth-order valence-corrected chi connectivity index (χ4v) is 2.11. The number of aromatic nitrogens is 3. The van der Waals surface area contributed by atoms with Crippen molar-refractivity contribution in [1.29, 1.82) is 0 Å². The Morgan fingerprint density at radius 1 is 1.67 bits per heavy atom. The molecule has 0 saturated heterocycles. The summed E-state index contributed by atoms with van der Waals surface area (Å²) in [5.74, 6) is 1.76. The van der Waals surface area contributed by atoms with Crippen LogP contribution in [0.1, 0.15) is 44.0 Å². The lowest BCUT2D eigenvalue weighted by molar-refractivity contribution is 0.180. The van der Waals surface area contributed by atoms with Crippen molar-refractivity contribution in [3.05, 3.63) is 10.6 Å². The monoisotopic (exact) mass is 227 g/mol. The number of hydrogen-bond donors (Lipinski definition) is 1. The summed E-state index contributed by atoms with van der Waals surface area (Å²) in [7, 11) is 1.73. The van der Waals surface area contributed by atoms with Gasteiger partial charge in [-0.1, -0.05) is 0 Å². The molecule has 1 N–H and O–H groups in total. The number of nitrogens with one attached hydrogen (secondary N) is 1. The van der Waals surface area contributed by atoms with Gasteiger partial charge >= 0.3 is 0 Å². The van der Waals surface area contributed by atoms with E-state index in [1.165, 1.54) is 12.8 Å². The van der Waals surface area contributed by atoms with E-state index in [2.05, 4.69) is 21.7 Å². The Labute approximate surface area is 94.6 Å². The van der Waals surface area contributed by atoms with Gasteiger partial charge in [0.1, 0.15) is 5.82 Å². The van der Waals surface area contributed by atoms with Crippen LogP contribution in [0.25, 0.3) is 0 Å². The summed E-state index contributed by atoms with van der Waals surface area (Å²) in [6, 6.07) is 0.367. The summed E-state index contributed by atoms with van der Waals surface area (Å²) in [6.45, 7) is 2.93. The maximum atomic E-state index is 5.25. The van der Waals surface area contributed by atoms with Gasteiger partial charge in [0.25, 0.3) is 0 Å². The summed E-state index contributed by atoms with van der Waals surface area (Å²) >= 11 is 5.25. The van der Waals surface area contributed by atoms with Crippen LogP contribution in [0.4, 0.5) is 0 Å². The molecule has 0 spiro atoms. The maximum absolute atomic E-state index is 5.25. The molecule has 2 rings (SSSR count). The van der Waals surface area contributed by atoms with E-state index in [9.17, 15) is 0 Å². The van der Waals surface area contributed by atoms with Crippen molar-refractivity contribution in [3.8, 4) is 0 Å². The molecule has 0 aromatic carbocycles. The lowest BCUT2D eigenvalue weighted by atomic mass is 10.2. The molecule has 5 heteroatoms. The number of methoxy groups -OCH3 is 1. The lowest BCUT2D eigenvalue weighted by Crippen LogP contribution is -2.11. The van der Waals surface area contributed by atoms with Gasteiger partial charge in [0.05, 0.1) is 0 Å². The summed E-state index contributed by atoms with van der Waals surface area (Å²) in [4.78, 5) is 0. The Kier molecular flexibility index (Phi) is 3.21. The first kappa shape index (κ1) is 10.8. The van der Waals surface area contributed by atoms with Gasteiger partial charge in [-0.2, -0.15) is 5.10 Å². The van der Waals surface area contributed by atoms with Crippen LogP contribution >= 0.6 is 12.2 Å². The highest BCUT2D eigenvalue weighted by atomic mass is 32.1. The Morgan fingerprint density at radius 3 is 3.00 bits per heavy atom. The van der Waals surface area contributed by atoms with E-state index in [0.717, 1.165) is 23.6 Å². The van der Waals surface area contributed by atoms with Gasteiger partial charge in [-0.05, 0) is 38.4 Å². The maximum Gasteiger partial charge on any atom is 0.195 e. The standard InChI is InChI=1S/C10H17N3OS/c1-7(5-6-14-2)13-9(8-3-4-8)11-12-10(13)15/h7-8H,3-6H2,1-2H3,(H,12,15). The second kappa shape index (κ2) is 4.45. The zero-order valence-corrected chi connectivity index (χ0v) is 10.0. The number of hydrogen-bond acceptors (Lipinski definition) is 3. The second-order valence-electron chi connectivity index (χ2n) is 4.16. The SMILES string of the molecule is COCCC(C)n1c(C2CC2)n[nH]c1=S. The molecule has 0 amide bonds. The summed E-state index contributed by atoms with van der Waals surface area (Å²) in [5.41, 5.74) is 0. The number of ether oxygens (including phenoxy) is 1. The third-order valence-corrected chi connectivity index (χ3v) is 3.14. The Hall–Kier alpha value is -0.680. The molecule has 0 radical (unpaired) electrons. The van der Waals surface area contributed by atoms with Crippen LogP contribution in [0.3, 0.4) is 0 Å². The van der Waals surface area contributed by atoms with Crippen molar-refractivity contribution in [2.75, 3.05) is 13.7 Å². The summed E-state index contributed by atoms with van der Waals surface area (Å²) < 4.78 is 7.97. The third-order valence-electron chi connectivity index (χ3n) is 2.85. The number of nitrogens with zero attached hydrogens (tertiary/aromatic N) is 2. The highest BCUT2D eigenvalue weighted by molar-refractivity contribution is 7.71. The molecule has 1 heterocycles. The highest BCUT2D eigenvalue weighted by Gasteiger charge is 2.30. The molecule has 1 saturated carbocycles. The van der Waals surface area contributed by atoms with Crippen molar-refractivity contribution in [1.82, 2.24) is 14.8 Å². The molecule has 4 nitrogen and oxygen atoms in total. The molecule has 1 atom stereocenters. The van der Waals surface area contributed by atoms with Crippen LogP contribution in [0.15, 0.2) is 0 Å². The normalized spacial score (nSPS) is 18.0. The molecule has 84 valence electrons. The largest absolute Gasteiger partial charge is 0.385 e. The minimum Gasteiger partial charge on any atom is -0.385 e. The van der Waals surface area contributed by atoms with Crippen molar-refractivity contribution >= 4 is 12.2 Å². The van der Waals surface area contributed by atoms with Crippen molar-refractivity contribution in [2.45, 2.75) is 38.1 Å². The van der Waals surface area contributed by atoms with Crippen LogP contribution in [0.5, 0.6) is 0 Å². The van der Waals surface area contributed by atoms with E-state index in [0.29, 0.717) is 12.0 Å². The minimum absolute atomic E-state index is 0.367. The molecule has 15 heavy (non-hydrogen) atoms. The van der Waals surface area contributed by atoms with E-state index in [-0.39, 0.29) is 0 Å². The summed E-state index contributed by atoms with van der Waals surface area (Å²) in [6.07, 6.45) is 3.47. The van der Waals surface area contributed by atoms with Gasteiger partial charge in [-0.3, -0.25) is 5.10 Å². The van der Waals surface area contributed by atoms with Crippen LogP contribution in [0.2, 0.25) is 0 Å². The number of aromatic amines is 1. The van der Waals surface area contributed by atoms with Gasteiger partial charge < -0.3 is 9.30 Å². The number of H-pyrrole nitrogens is 1. The van der Waals surface area contributed by atoms with E-state index < -0.39 is 0 Å². The van der Waals surface area contributed by atoms with Crippen LogP contribution in [-0.4, -0.2) is 28.5 Å². The van der Waals surface area contributed by atoms with Crippen molar-refractivity contribution < 1.29 is 4.74 Å². The Morgan fingerprint density at radius 2 is 2.40 bits per heavy atom.